The molecule has 1 N–H and O–H groups in total. The van der Waals surface area contributed by atoms with Gasteiger partial charge in [-0.2, -0.15) is 0 Å². The van der Waals surface area contributed by atoms with E-state index in [1.54, 1.807) is 0 Å². The molecule has 0 spiro atoms. The standard InChI is InChI=1S/C20H24N2OS2/c1-4-22(5-2)20(24)25-15(3)19(23)21-18-14-10-9-13-17(18)16-11-7-6-8-12-16/h6-15H,4-5H2,1-3H3,(H,21,23)/t15-/m1/s1. The van der Waals surface area contributed by atoms with E-state index >= 15 is 0 Å². The number of amides is 1. The Morgan fingerprint density at radius 2 is 1.68 bits per heavy atom. The van der Waals surface area contributed by atoms with Crippen molar-refractivity contribution in [2.75, 3.05) is 18.4 Å². The molecule has 0 aliphatic carbocycles. The quantitative estimate of drug-likeness (QED) is 0.720. The molecule has 0 heterocycles. The number of nitrogens with one attached hydrogen (secondary N) is 1. The lowest BCUT2D eigenvalue weighted by Crippen LogP contribution is -2.31. The molecule has 0 aliphatic heterocycles. The van der Waals surface area contributed by atoms with Gasteiger partial charge in [0.2, 0.25) is 5.91 Å². The van der Waals surface area contributed by atoms with Crippen LogP contribution in [0.3, 0.4) is 0 Å². The second kappa shape index (κ2) is 9.59. The van der Waals surface area contributed by atoms with Crippen molar-refractivity contribution in [3.63, 3.8) is 0 Å². The van der Waals surface area contributed by atoms with Crippen LogP contribution in [0.1, 0.15) is 20.8 Å². The summed E-state index contributed by atoms with van der Waals surface area (Å²) in [5, 5.41) is 2.80. The molecule has 1 atom stereocenters. The Hall–Kier alpha value is -1.85. The third-order valence-electron chi connectivity index (χ3n) is 3.94. The van der Waals surface area contributed by atoms with Gasteiger partial charge in [-0.3, -0.25) is 4.79 Å². The molecular weight excluding hydrogens is 348 g/mol. The first-order valence-electron chi connectivity index (χ1n) is 8.47. The first-order valence-corrected chi connectivity index (χ1v) is 9.76. The van der Waals surface area contributed by atoms with E-state index in [1.807, 2.05) is 61.5 Å². The van der Waals surface area contributed by atoms with E-state index in [4.69, 9.17) is 12.2 Å². The second-order valence-corrected chi connectivity index (χ2v) is 7.57. The Morgan fingerprint density at radius 3 is 2.32 bits per heavy atom. The normalized spacial score (nSPS) is 11.6. The third kappa shape index (κ3) is 5.31. The molecular formula is C20H24N2OS2. The van der Waals surface area contributed by atoms with Crippen LogP contribution in [-0.2, 0) is 4.79 Å². The van der Waals surface area contributed by atoms with E-state index in [9.17, 15) is 4.79 Å². The smallest absolute Gasteiger partial charge is 0.237 e. The predicted molar refractivity (Wildman–Crippen MR) is 113 cm³/mol. The maximum atomic E-state index is 12.6. The molecule has 5 heteroatoms. The second-order valence-electron chi connectivity index (χ2n) is 5.60. The van der Waals surface area contributed by atoms with Crippen molar-refractivity contribution in [1.82, 2.24) is 4.90 Å². The van der Waals surface area contributed by atoms with Crippen LogP contribution in [0, 0.1) is 0 Å². The number of rotatable bonds is 6. The topological polar surface area (TPSA) is 32.3 Å². The molecule has 0 aliphatic rings. The van der Waals surface area contributed by atoms with Gasteiger partial charge >= 0.3 is 0 Å². The molecule has 0 aromatic heterocycles. The third-order valence-corrected chi connectivity index (χ3v) is 5.51. The Morgan fingerprint density at radius 1 is 1.08 bits per heavy atom. The molecule has 25 heavy (non-hydrogen) atoms. The fourth-order valence-corrected chi connectivity index (χ4v) is 4.02. The molecule has 2 aromatic rings. The summed E-state index contributed by atoms with van der Waals surface area (Å²) in [7, 11) is 0. The number of thioether (sulfide) groups is 1. The summed E-state index contributed by atoms with van der Waals surface area (Å²) >= 11 is 6.88. The molecule has 1 amide bonds. The number of benzene rings is 2. The zero-order valence-corrected chi connectivity index (χ0v) is 16.5. The summed E-state index contributed by atoms with van der Waals surface area (Å²) in [5.74, 6) is -0.0390. The van der Waals surface area contributed by atoms with Gasteiger partial charge in [-0.25, -0.2) is 0 Å². The van der Waals surface area contributed by atoms with E-state index in [1.165, 1.54) is 11.8 Å². The molecule has 0 saturated heterocycles. The van der Waals surface area contributed by atoms with E-state index in [0.717, 1.165) is 34.2 Å². The first-order chi connectivity index (χ1) is 12.1. The molecule has 2 rings (SSSR count). The number of hydrogen-bond acceptors (Lipinski definition) is 3. The molecule has 0 bridgehead atoms. The molecule has 3 nitrogen and oxygen atoms in total. The van der Waals surface area contributed by atoms with Gasteiger partial charge < -0.3 is 10.2 Å². The number of para-hydroxylation sites is 1. The highest BCUT2D eigenvalue weighted by atomic mass is 32.2. The number of thiocarbonyl (C=S) groups is 1. The van der Waals surface area contributed by atoms with Gasteiger partial charge in [0, 0.05) is 24.3 Å². The van der Waals surface area contributed by atoms with Gasteiger partial charge in [-0.15, -0.1) is 0 Å². The fraction of sp³-hybridized carbons (Fsp3) is 0.300. The highest BCUT2D eigenvalue weighted by Crippen LogP contribution is 2.28. The van der Waals surface area contributed by atoms with Gasteiger partial charge in [0.1, 0.15) is 4.32 Å². The lowest BCUT2D eigenvalue weighted by atomic mass is 10.0. The number of nitrogens with zero attached hydrogens (tertiary/aromatic N) is 1. The fourth-order valence-electron chi connectivity index (χ4n) is 2.46. The molecule has 2 aromatic carbocycles. The Kier molecular flexibility index (Phi) is 7.47. The first kappa shape index (κ1) is 19.5. The van der Waals surface area contributed by atoms with Crippen molar-refractivity contribution in [3.8, 4) is 11.1 Å². The van der Waals surface area contributed by atoms with Crippen LogP contribution in [-0.4, -0.2) is 33.5 Å². The van der Waals surface area contributed by atoms with Crippen LogP contribution >= 0.6 is 24.0 Å². The lowest BCUT2D eigenvalue weighted by Gasteiger charge is -2.23. The van der Waals surface area contributed by atoms with E-state index in [-0.39, 0.29) is 11.2 Å². The molecule has 0 radical (unpaired) electrons. The van der Waals surface area contributed by atoms with Gasteiger partial charge in [-0.05, 0) is 32.4 Å². The minimum atomic E-state index is -0.253. The minimum absolute atomic E-state index is 0.0390. The summed E-state index contributed by atoms with van der Waals surface area (Å²) in [5.41, 5.74) is 2.91. The molecule has 0 saturated carbocycles. The van der Waals surface area contributed by atoms with Crippen molar-refractivity contribution in [1.29, 1.82) is 0 Å². The Bertz CT molecular complexity index is 715. The van der Waals surface area contributed by atoms with Crippen molar-refractivity contribution < 1.29 is 4.79 Å². The van der Waals surface area contributed by atoms with Crippen molar-refractivity contribution in [2.45, 2.75) is 26.0 Å². The predicted octanol–water partition coefficient (Wildman–Crippen LogP) is 5.04. The maximum Gasteiger partial charge on any atom is 0.237 e. The number of anilines is 1. The number of hydrogen-bond donors (Lipinski definition) is 1. The summed E-state index contributed by atoms with van der Waals surface area (Å²) in [6, 6.07) is 17.9. The lowest BCUT2D eigenvalue weighted by molar-refractivity contribution is -0.115. The van der Waals surface area contributed by atoms with Crippen LogP contribution in [0.4, 0.5) is 5.69 Å². The van der Waals surface area contributed by atoms with Crippen molar-refractivity contribution >= 4 is 39.9 Å². The monoisotopic (exact) mass is 372 g/mol. The zero-order valence-electron chi connectivity index (χ0n) is 14.9. The SMILES string of the molecule is CCN(CC)C(=S)S[C@H](C)C(=O)Nc1ccccc1-c1ccccc1. The van der Waals surface area contributed by atoms with Crippen LogP contribution in [0.5, 0.6) is 0 Å². The van der Waals surface area contributed by atoms with Gasteiger partial charge in [-0.1, -0.05) is 72.5 Å². The van der Waals surface area contributed by atoms with Crippen LogP contribution in [0.15, 0.2) is 54.6 Å². The number of carbonyl (C=O) groups is 1. The van der Waals surface area contributed by atoms with Gasteiger partial charge in [0.05, 0.1) is 5.25 Å². The summed E-state index contributed by atoms with van der Waals surface area (Å²) < 4.78 is 0.768. The highest BCUT2D eigenvalue weighted by molar-refractivity contribution is 8.23. The Labute approximate surface area is 159 Å². The van der Waals surface area contributed by atoms with Gasteiger partial charge in [0.25, 0.3) is 0 Å². The maximum absolute atomic E-state index is 12.6. The van der Waals surface area contributed by atoms with E-state index in [2.05, 4.69) is 24.1 Å². The van der Waals surface area contributed by atoms with Crippen molar-refractivity contribution in [2.24, 2.45) is 0 Å². The van der Waals surface area contributed by atoms with E-state index in [0.29, 0.717) is 0 Å². The summed E-state index contributed by atoms with van der Waals surface area (Å²) in [4.78, 5) is 14.7. The molecule has 0 unspecified atom stereocenters. The van der Waals surface area contributed by atoms with Crippen LogP contribution in [0.25, 0.3) is 11.1 Å². The Balaban J connectivity index is 2.09. The zero-order chi connectivity index (χ0) is 18.2. The summed E-state index contributed by atoms with van der Waals surface area (Å²) in [6.45, 7) is 7.73. The largest absolute Gasteiger partial charge is 0.358 e. The molecule has 132 valence electrons. The average molecular weight is 373 g/mol. The van der Waals surface area contributed by atoms with Crippen molar-refractivity contribution in [3.05, 3.63) is 54.6 Å². The average Bonchev–Trinajstić information content (AvgIpc) is 2.63. The minimum Gasteiger partial charge on any atom is -0.358 e. The van der Waals surface area contributed by atoms with E-state index < -0.39 is 0 Å². The van der Waals surface area contributed by atoms with Gasteiger partial charge in [0.15, 0.2) is 0 Å². The van der Waals surface area contributed by atoms with Crippen LogP contribution in [0.2, 0.25) is 0 Å². The number of carbonyl (C=O) groups excluding carboxylic acids is 1. The molecule has 0 fully saturated rings. The highest BCUT2D eigenvalue weighted by Gasteiger charge is 2.19. The summed E-state index contributed by atoms with van der Waals surface area (Å²) in [6.07, 6.45) is 0. The van der Waals surface area contributed by atoms with Crippen LogP contribution < -0.4 is 5.32 Å².